The van der Waals surface area contributed by atoms with Crippen molar-refractivity contribution in [1.29, 1.82) is 0 Å². The highest BCUT2D eigenvalue weighted by Gasteiger charge is 2.16. The zero-order chi connectivity index (χ0) is 15.4. The van der Waals surface area contributed by atoms with E-state index in [0.717, 1.165) is 49.9 Å². The molecule has 1 aliphatic heterocycles. The molecular formula is C16H21N5O. The maximum Gasteiger partial charge on any atom is 0.253 e. The molecule has 0 fully saturated rings. The van der Waals surface area contributed by atoms with E-state index >= 15 is 0 Å². The highest BCUT2D eigenvalue weighted by molar-refractivity contribution is 5.33. The third-order valence-corrected chi connectivity index (χ3v) is 3.92. The van der Waals surface area contributed by atoms with Crippen molar-refractivity contribution in [2.45, 2.75) is 33.0 Å². The van der Waals surface area contributed by atoms with Gasteiger partial charge in [0.1, 0.15) is 11.6 Å². The highest BCUT2D eigenvalue weighted by atomic mass is 16.1. The second kappa shape index (κ2) is 6.70. The number of nitrogens with one attached hydrogen (secondary N) is 1. The van der Waals surface area contributed by atoms with Gasteiger partial charge < -0.3 is 5.32 Å². The first-order chi connectivity index (χ1) is 10.8. The fourth-order valence-corrected chi connectivity index (χ4v) is 2.71. The van der Waals surface area contributed by atoms with Gasteiger partial charge in [-0.25, -0.2) is 9.97 Å². The minimum absolute atomic E-state index is 0.0424. The average molecular weight is 299 g/mol. The molecule has 0 unspecified atom stereocenters. The molecule has 116 valence electrons. The van der Waals surface area contributed by atoms with Crippen molar-refractivity contribution < 1.29 is 0 Å². The summed E-state index contributed by atoms with van der Waals surface area (Å²) in [6.07, 6.45) is 2.73. The zero-order valence-electron chi connectivity index (χ0n) is 12.8. The molecule has 0 saturated carbocycles. The molecule has 0 saturated heterocycles. The predicted molar refractivity (Wildman–Crippen MR) is 85.6 cm³/mol. The molecule has 3 heterocycles. The molecule has 6 nitrogen and oxygen atoms in total. The van der Waals surface area contributed by atoms with Crippen molar-refractivity contribution in [2.24, 2.45) is 0 Å². The Hall–Kier alpha value is -2.21. The Morgan fingerprint density at radius 2 is 2.23 bits per heavy atom. The van der Waals surface area contributed by atoms with Gasteiger partial charge in [-0.1, -0.05) is 13.0 Å². The van der Waals surface area contributed by atoms with Gasteiger partial charge in [0.05, 0.1) is 18.8 Å². The molecule has 1 N–H and O–H groups in total. The van der Waals surface area contributed by atoms with E-state index in [1.807, 2.05) is 18.2 Å². The maximum atomic E-state index is 12.3. The van der Waals surface area contributed by atoms with Crippen LogP contribution in [0.5, 0.6) is 0 Å². The van der Waals surface area contributed by atoms with E-state index in [1.54, 1.807) is 16.8 Å². The lowest BCUT2D eigenvalue weighted by Crippen LogP contribution is -2.28. The van der Waals surface area contributed by atoms with Crippen LogP contribution in [0.4, 0.5) is 5.82 Å². The topological polar surface area (TPSA) is 63.1 Å². The lowest BCUT2D eigenvalue weighted by Gasteiger charge is -2.17. The van der Waals surface area contributed by atoms with E-state index in [2.05, 4.69) is 27.1 Å². The number of pyridine rings is 1. The Morgan fingerprint density at radius 3 is 3.00 bits per heavy atom. The quantitative estimate of drug-likeness (QED) is 0.926. The molecule has 6 heteroatoms. The second-order valence-electron chi connectivity index (χ2n) is 5.44. The van der Waals surface area contributed by atoms with Crippen molar-refractivity contribution in [3.05, 3.63) is 52.3 Å². The van der Waals surface area contributed by atoms with E-state index in [-0.39, 0.29) is 5.56 Å². The van der Waals surface area contributed by atoms with E-state index in [1.165, 1.54) is 0 Å². The molecule has 1 aliphatic rings. The fourth-order valence-electron chi connectivity index (χ4n) is 2.71. The molecular weight excluding hydrogens is 278 g/mol. The van der Waals surface area contributed by atoms with E-state index in [4.69, 9.17) is 0 Å². The summed E-state index contributed by atoms with van der Waals surface area (Å²) in [7, 11) is 0. The largest absolute Gasteiger partial charge is 0.364 e. The SMILES string of the molecule is CCN1CCCn2c(nc(CNc3ccccn3)cc2=O)C1. The Morgan fingerprint density at radius 1 is 1.32 bits per heavy atom. The van der Waals surface area contributed by atoms with Crippen molar-refractivity contribution in [2.75, 3.05) is 18.4 Å². The minimum Gasteiger partial charge on any atom is -0.364 e. The summed E-state index contributed by atoms with van der Waals surface area (Å²) in [5.41, 5.74) is 0.806. The smallest absolute Gasteiger partial charge is 0.253 e. The van der Waals surface area contributed by atoms with Crippen molar-refractivity contribution in [3.8, 4) is 0 Å². The monoisotopic (exact) mass is 299 g/mol. The number of aromatic nitrogens is 3. The standard InChI is InChI=1S/C16H21N5O/c1-2-20-8-5-9-21-15(12-20)19-13(10-16(21)22)11-18-14-6-3-4-7-17-14/h3-4,6-7,10H,2,5,8-9,11-12H2,1H3,(H,17,18). The highest BCUT2D eigenvalue weighted by Crippen LogP contribution is 2.09. The van der Waals surface area contributed by atoms with Crippen LogP contribution < -0.4 is 10.9 Å². The van der Waals surface area contributed by atoms with E-state index in [9.17, 15) is 4.79 Å². The van der Waals surface area contributed by atoms with Gasteiger partial charge in [-0.15, -0.1) is 0 Å². The molecule has 2 aromatic heterocycles. The van der Waals surface area contributed by atoms with Crippen LogP contribution in [-0.4, -0.2) is 32.5 Å². The van der Waals surface area contributed by atoms with Gasteiger partial charge >= 0.3 is 0 Å². The minimum atomic E-state index is 0.0424. The second-order valence-corrected chi connectivity index (χ2v) is 5.44. The lowest BCUT2D eigenvalue weighted by atomic mass is 10.3. The molecule has 0 atom stereocenters. The Labute approximate surface area is 129 Å². The van der Waals surface area contributed by atoms with Crippen molar-refractivity contribution in [1.82, 2.24) is 19.4 Å². The maximum absolute atomic E-state index is 12.3. The number of fused-ring (bicyclic) bond motifs is 1. The third-order valence-electron chi connectivity index (χ3n) is 3.92. The zero-order valence-corrected chi connectivity index (χ0v) is 12.8. The number of hydrogen-bond donors (Lipinski definition) is 1. The summed E-state index contributed by atoms with van der Waals surface area (Å²) in [5, 5.41) is 3.20. The van der Waals surface area contributed by atoms with Gasteiger partial charge in [0.25, 0.3) is 5.56 Å². The molecule has 0 radical (unpaired) electrons. The Kier molecular flexibility index (Phi) is 4.48. The number of hydrogen-bond acceptors (Lipinski definition) is 5. The van der Waals surface area contributed by atoms with Crippen LogP contribution in [0.3, 0.4) is 0 Å². The first-order valence-corrected chi connectivity index (χ1v) is 7.73. The molecule has 0 spiro atoms. The first-order valence-electron chi connectivity index (χ1n) is 7.73. The Bertz CT molecular complexity index is 683. The first kappa shape index (κ1) is 14.7. The van der Waals surface area contributed by atoms with Gasteiger partial charge in [0.2, 0.25) is 0 Å². The molecule has 0 aliphatic carbocycles. The van der Waals surface area contributed by atoms with Gasteiger partial charge in [-0.05, 0) is 25.1 Å². The molecule has 0 bridgehead atoms. The summed E-state index contributed by atoms with van der Waals surface area (Å²) in [5.74, 6) is 1.65. The molecule has 0 amide bonds. The summed E-state index contributed by atoms with van der Waals surface area (Å²) in [4.78, 5) is 23.5. The van der Waals surface area contributed by atoms with Crippen molar-refractivity contribution >= 4 is 5.82 Å². The van der Waals surface area contributed by atoms with Gasteiger partial charge in [0, 0.05) is 25.4 Å². The van der Waals surface area contributed by atoms with Crippen LogP contribution >= 0.6 is 0 Å². The van der Waals surface area contributed by atoms with Crippen LogP contribution in [0, 0.1) is 0 Å². The molecule has 2 aromatic rings. The lowest BCUT2D eigenvalue weighted by molar-refractivity contribution is 0.281. The summed E-state index contributed by atoms with van der Waals surface area (Å²) in [6, 6.07) is 7.32. The average Bonchev–Trinajstić information content (AvgIpc) is 2.76. The number of anilines is 1. The summed E-state index contributed by atoms with van der Waals surface area (Å²) in [6.45, 7) is 6.13. The van der Waals surface area contributed by atoms with Crippen LogP contribution in [0.25, 0.3) is 0 Å². The predicted octanol–water partition coefficient (Wildman–Crippen LogP) is 1.48. The summed E-state index contributed by atoms with van der Waals surface area (Å²) >= 11 is 0. The van der Waals surface area contributed by atoms with Crippen LogP contribution in [-0.2, 0) is 19.6 Å². The summed E-state index contributed by atoms with van der Waals surface area (Å²) < 4.78 is 1.81. The molecule has 0 aromatic carbocycles. The third kappa shape index (κ3) is 3.33. The van der Waals surface area contributed by atoms with Gasteiger partial charge in [-0.2, -0.15) is 0 Å². The van der Waals surface area contributed by atoms with Crippen LogP contribution in [0.1, 0.15) is 24.9 Å². The van der Waals surface area contributed by atoms with Gasteiger partial charge in [0.15, 0.2) is 0 Å². The number of nitrogens with zero attached hydrogens (tertiary/aromatic N) is 4. The number of rotatable bonds is 4. The fraction of sp³-hybridized carbons (Fsp3) is 0.438. The molecule has 22 heavy (non-hydrogen) atoms. The van der Waals surface area contributed by atoms with Crippen LogP contribution in [0.2, 0.25) is 0 Å². The normalized spacial score (nSPS) is 15.1. The Balaban J connectivity index is 1.80. The van der Waals surface area contributed by atoms with E-state index < -0.39 is 0 Å². The van der Waals surface area contributed by atoms with Crippen LogP contribution in [0.15, 0.2) is 35.3 Å². The van der Waals surface area contributed by atoms with E-state index in [0.29, 0.717) is 6.54 Å². The molecule has 3 rings (SSSR count). The van der Waals surface area contributed by atoms with Gasteiger partial charge in [-0.3, -0.25) is 14.3 Å². The van der Waals surface area contributed by atoms with Crippen molar-refractivity contribution in [3.63, 3.8) is 0 Å².